The molecule has 9 heteroatoms. The van der Waals surface area contributed by atoms with Crippen LogP contribution < -0.4 is 9.64 Å². The molecule has 2 atom stereocenters. The first kappa shape index (κ1) is 30.1. The molecule has 4 saturated carbocycles. The number of methoxy groups -OCH3 is 1. The number of aliphatic hydroxyl groups is 1. The summed E-state index contributed by atoms with van der Waals surface area (Å²) >= 11 is 0. The quantitative estimate of drug-likeness (QED) is 0.224. The zero-order valence-electron chi connectivity index (χ0n) is 26.8. The van der Waals surface area contributed by atoms with Crippen LogP contribution in [-0.4, -0.2) is 46.9 Å². The summed E-state index contributed by atoms with van der Waals surface area (Å²) in [6.07, 6.45) is 7.91. The van der Waals surface area contributed by atoms with Crippen LogP contribution in [0.25, 0.3) is 0 Å². The first-order chi connectivity index (χ1) is 22.7. The minimum absolute atomic E-state index is 0.0148. The first-order valence-electron chi connectivity index (χ1n) is 16.9. The van der Waals surface area contributed by atoms with E-state index < -0.39 is 16.4 Å². The van der Waals surface area contributed by atoms with Crippen LogP contribution in [0.5, 0.6) is 5.75 Å². The van der Waals surface area contributed by atoms with Crippen LogP contribution in [0.3, 0.4) is 0 Å². The molecule has 244 valence electrons. The Morgan fingerprint density at radius 1 is 0.915 bits per heavy atom. The van der Waals surface area contributed by atoms with Gasteiger partial charge in [0.05, 0.1) is 24.7 Å². The fraction of sp³-hybridized carbons (Fsp3) is 0.474. The van der Waals surface area contributed by atoms with Gasteiger partial charge in [-0.3, -0.25) is 19.7 Å². The van der Waals surface area contributed by atoms with Gasteiger partial charge in [-0.05, 0) is 109 Å². The Morgan fingerprint density at radius 3 is 2.15 bits per heavy atom. The topological polar surface area (TPSA) is 113 Å². The molecule has 5 fully saturated rings. The molecule has 4 aliphatic carbocycles. The van der Waals surface area contributed by atoms with Crippen LogP contribution in [0.15, 0.2) is 66.7 Å². The number of anilines is 1. The molecule has 0 radical (unpaired) electrons. The van der Waals surface area contributed by atoms with Crippen LogP contribution >= 0.6 is 0 Å². The maximum atomic E-state index is 15.2. The zero-order chi connectivity index (χ0) is 32.5. The lowest BCUT2D eigenvalue weighted by Gasteiger charge is -2.58. The summed E-state index contributed by atoms with van der Waals surface area (Å²) in [4.78, 5) is 44.6. The predicted octanol–water partition coefficient (Wildman–Crippen LogP) is 6.11. The normalized spacial score (nSPS) is 30.4. The highest BCUT2D eigenvalue weighted by Crippen LogP contribution is 2.63. The van der Waals surface area contributed by atoms with Crippen molar-refractivity contribution >= 4 is 23.2 Å². The van der Waals surface area contributed by atoms with Gasteiger partial charge in [0, 0.05) is 37.3 Å². The molecule has 4 bridgehead atoms. The second-order valence-corrected chi connectivity index (χ2v) is 14.9. The average molecular weight is 636 g/mol. The fourth-order valence-electron chi connectivity index (χ4n) is 10.5. The highest BCUT2D eigenvalue weighted by molar-refractivity contribution is 6.09. The van der Waals surface area contributed by atoms with Crippen molar-refractivity contribution in [3.05, 3.63) is 99.1 Å². The van der Waals surface area contributed by atoms with Crippen LogP contribution in [0.4, 0.5) is 11.4 Å². The van der Waals surface area contributed by atoms with E-state index in [-0.39, 0.29) is 35.9 Å². The number of non-ortho nitro benzene ring substituents is 1. The summed E-state index contributed by atoms with van der Waals surface area (Å²) in [6.45, 7) is 0.842. The smallest absolute Gasteiger partial charge is 0.269 e. The molecule has 0 aromatic heterocycles. The summed E-state index contributed by atoms with van der Waals surface area (Å²) in [7, 11) is 1.63. The molecule has 2 heterocycles. The molecule has 9 nitrogen and oxygen atoms in total. The van der Waals surface area contributed by atoms with Gasteiger partial charge in [-0.1, -0.05) is 36.4 Å². The largest absolute Gasteiger partial charge is 0.497 e. The van der Waals surface area contributed by atoms with Gasteiger partial charge < -0.3 is 19.6 Å². The number of likely N-dealkylation sites (tertiary alicyclic amines) is 1. The summed E-state index contributed by atoms with van der Waals surface area (Å²) < 4.78 is 5.33. The van der Waals surface area contributed by atoms with Crippen molar-refractivity contribution < 1.29 is 24.4 Å². The number of aliphatic hydroxyl groups excluding tert-OH is 1. The number of amides is 2. The third-order valence-electron chi connectivity index (χ3n) is 12.1. The highest BCUT2D eigenvalue weighted by atomic mass is 16.6. The van der Waals surface area contributed by atoms with E-state index in [2.05, 4.69) is 0 Å². The number of hydrogen-bond donors (Lipinski definition) is 1. The highest BCUT2D eigenvalue weighted by Gasteiger charge is 2.64. The number of nitrogens with zero attached hydrogens (tertiary/aromatic N) is 3. The molecule has 3 aromatic carbocycles. The van der Waals surface area contributed by atoms with Crippen LogP contribution in [0.1, 0.15) is 73.2 Å². The minimum Gasteiger partial charge on any atom is -0.497 e. The second kappa shape index (κ2) is 11.2. The Labute approximate surface area is 274 Å². The van der Waals surface area contributed by atoms with Gasteiger partial charge in [0.2, 0.25) is 11.8 Å². The summed E-state index contributed by atoms with van der Waals surface area (Å²) in [6, 6.07) is 19.3. The van der Waals surface area contributed by atoms with E-state index in [0.29, 0.717) is 30.6 Å². The van der Waals surface area contributed by atoms with E-state index in [9.17, 15) is 20.0 Å². The lowest BCUT2D eigenvalue weighted by atomic mass is 9.49. The molecular weight excluding hydrogens is 594 g/mol. The molecule has 1 N–H and O–H groups in total. The molecule has 9 rings (SSSR count). The summed E-state index contributed by atoms with van der Waals surface area (Å²) in [5.74, 6) is 2.71. The fourth-order valence-corrected chi connectivity index (χ4v) is 10.5. The van der Waals surface area contributed by atoms with E-state index in [1.807, 2.05) is 47.4 Å². The SMILES string of the molecule is COc1ccc(CCN2C(=O)[C@@]3(c4ccc([N+](=O)[O-])cc4)CC(=O)N(CC45CC6CC(CC(C6)C4)C5)[C@@H]3c3ccc(CO)cc32)cc1. The molecular formula is C38H41N3O6. The first-order valence-corrected chi connectivity index (χ1v) is 16.9. The molecule has 47 heavy (non-hydrogen) atoms. The number of rotatable bonds is 9. The standard InChI is InChI=1S/C38H41N3O6/c1-47-31-9-2-24(3-10-31)12-13-39-33-17-25(22-42)4-11-32(33)35-38(36(39)44,29-5-7-30(8-6-29)41(45)46)21-34(43)40(35)23-37-18-26-14-27(19-37)16-28(15-26)20-37/h2-11,17,26-28,35,42H,12-16,18-23H2,1H3/t26?,27?,28?,35-,37?,38-/m1/s1. The molecule has 2 amide bonds. The van der Waals surface area contributed by atoms with E-state index in [1.165, 1.54) is 31.4 Å². The van der Waals surface area contributed by atoms with Crippen molar-refractivity contribution in [1.82, 2.24) is 4.90 Å². The maximum Gasteiger partial charge on any atom is 0.269 e. The van der Waals surface area contributed by atoms with Crippen LogP contribution in [0, 0.1) is 33.3 Å². The van der Waals surface area contributed by atoms with Crippen molar-refractivity contribution in [3.63, 3.8) is 0 Å². The Balaban J connectivity index is 1.24. The average Bonchev–Trinajstić information content (AvgIpc) is 3.36. The minimum atomic E-state index is -1.23. The number of nitro groups is 1. The predicted molar refractivity (Wildman–Crippen MR) is 176 cm³/mol. The molecule has 6 aliphatic rings. The van der Waals surface area contributed by atoms with Gasteiger partial charge in [-0.15, -0.1) is 0 Å². The summed E-state index contributed by atoms with van der Waals surface area (Å²) in [5, 5.41) is 21.7. The van der Waals surface area contributed by atoms with Gasteiger partial charge >= 0.3 is 0 Å². The van der Waals surface area contributed by atoms with Crippen molar-refractivity contribution in [3.8, 4) is 5.75 Å². The number of fused-ring (bicyclic) bond motifs is 3. The van der Waals surface area contributed by atoms with Gasteiger partial charge in [-0.2, -0.15) is 0 Å². The van der Waals surface area contributed by atoms with E-state index in [0.717, 1.165) is 59.6 Å². The number of carbonyl (C=O) groups excluding carboxylic acids is 2. The molecule has 1 saturated heterocycles. The molecule has 3 aromatic rings. The third kappa shape index (κ3) is 4.84. The van der Waals surface area contributed by atoms with Gasteiger partial charge in [0.25, 0.3) is 5.69 Å². The van der Waals surface area contributed by atoms with Crippen molar-refractivity contribution in [2.75, 3.05) is 25.1 Å². The molecule has 2 aliphatic heterocycles. The van der Waals surface area contributed by atoms with Crippen LogP contribution in [-0.2, 0) is 28.0 Å². The number of benzene rings is 3. The number of hydrogen-bond acceptors (Lipinski definition) is 6. The molecule has 0 spiro atoms. The molecule has 0 unspecified atom stereocenters. The number of ether oxygens (including phenoxy) is 1. The Morgan fingerprint density at radius 2 is 1.55 bits per heavy atom. The van der Waals surface area contributed by atoms with Gasteiger partial charge in [-0.25, -0.2) is 0 Å². The Kier molecular flexibility index (Phi) is 7.17. The lowest BCUT2D eigenvalue weighted by molar-refractivity contribution is -0.384. The Bertz CT molecular complexity index is 1700. The van der Waals surface area contributed by atoms with Crippen LogP contribution in [0.2, 0.25) is 0 Å². The van der Waals surface area contributed by atoms with Gasteiger partial charge in [0.1, 0.15) is 11.2 Å². The number of nitro benzene ring substituents is 1. The van der Waals surface area contributed by atoms with Gasteiger partial charge in [0.15, 0.2) is 0 Å². The van der Waals surface area contributed by atoms with E-state index in [1.54, 1.807) is 24.1 Å². The summed E-state index contributed by atoms with van der Waals surface area (Å²) in [5.41, 5.74) is 2.77. The van der Waals surface area contributed by atoms with Crippen molar-refractivity contribution in [2.24, 2.45) is 23.2 Å². The van der Waals surface area contributed by atoms with E-state index >= 15 is 4.79 Å². The maximum absolute atomic E-state index is 15.2. The van der Waals surface area contributed by atoms with Crippen molar-refractivity contribution in [1.29, 1.82) is 0 Å². The Hall–Kier alpha value is -4.24. The zero-order valence-corrected chi connectivity index (χ0v) is 26.8. The third-order valence-corrected chi connectivity index (χ3v) is 12.1. The van der Waals surface area contributed by atoms with E-state index in [4.69, 9.17) is 4.74 Å². The lowest BCUT2D eigenvalue weighted by Crippen LogP contribution is -2.56. The second-order valence-electron chi connectivity index (χ2n) is 14.9. The number of carbonyl (C=O) groups is 2. The van der Waals surface area contributed by atoms with Crippen molar-refractivity contribution in [2.45, 2.75) is 69.4 Å². The monoisotopic (exact) mass is 635 g/mol.